The van der Waals surface area contributed by atoms with Crippen LogP contribution in [-0.2, 0) is 0 Å². The van der Waals surface area contributed by atoms with Crippen LogP contribution in [-0.4, -0.2) is 33.9 Å². The third-order valence-corrected chi connectivity index (χ3v) is 6.19. The van der Waals surface area contributed by atoms with Crippen molar-refractivity contribution in [3.05, 3.63) is 58.9 Å². The first-order valence-corrected chi connectivity index (χ1v) is 11.3. The number of nitrogens with zero attached hydrogens (tertiary/aromatic N) is 3. The van der Waals surface area contributed by atoms with Crippen molar-refractivity contribution < 1.29 is 4.79 Å². The van der Waals surface area contributed by atoms with Crippen LogP contribution in [0.15, 0.2) is 41.4 Å². The molecule has 1 aliphatic carbocycles. The number of amides is 1. The molecule has 3 aromatic rings. The Kier molecular flexibility index (Phi) is 6.44. The van der Waals surface area contributed by atoms with Gasteiger partial charge in [-0.1, -0.05) is 30.5 Å². The smallest absolute Gasteiger partial charge is 0.293 e. The van der Waals surface area contributed by atoms with Crippen LogP contribution in [0.3, 0.4) is 0 Å². The zero-order chi connectivity index (χ0) is 23.5. The average Bonchev–Trinajstić information content (AvgIpc) is 2.77. The summed E-state index contributed by atoms with van der Waals surface area (Å²) in [5.74, 6) is 0.469. The molecule has 8 heteroatoms. The Labute approximate surface area is 193 Å². The third-order valence-electron chi connectivity index (χ3n) is 6.19. The molecular formula is C25H31N7O. The van der Waals surface area contributed by atoms with Gasteiger partial charge in [-0.15, -0.1) is 0 Å². The quantitative estimate of drug-likeness (QED) is 0.349. The van der Waals surface area contributed by atoms with Crippen molar-refractivity contribution in [2.75, 3.05) is 10.6 Å². The number of hydrogen-bond acceptors (Lipinski definition) is 5. The molecule has 8 nitrogen and oxygen atoms in total. The van der Waals surface area contributed by atoms with Gasteiger partial charge in [0.2, 0.25) is 5.82 Å². The van der Waals surface area contributed by atoms with Crippen LogP contribution in [0.2, 0.25) is 0 Å². The molecule has 0 radical (unpaired) electrons. The highest BCUT2D eigenvalue weighted by Gasteiger charge is 2.26. The van der Waals surface area contributed by atoms with E-state index >= 15 is 0 Å². The zero-order valence-corrected chi connectivity index (χ0v) is 19.4. The summed E-state index contributed by atoms with van der Waals surface area (Å²) in [4.78, 5) is 26.7. The summed E-state index contributed by atoms with van der Waals surface area (Å²) in [6, 6.07) is 11.7. The molecule has 1 fully saturated rings. The van der Waals surface area contributed by atoms with E-state index < -0.39 is 0 Å². The number of guanidine groups is 1. The highest BCUT2D eigenvalue weighted by atomic mass is 16.2. The molecule has 2 aromatic carbocycles. The minimum absolute atomic E-state index is 0.0233. The van der Waals surface area contributed by atoms with Crippen LogP contribution in [0, 0.1) is 20.8 Å². The Hall–Kier alpha value is -3.68. The lowest BCUT2D eigenvalue weighted by Crippen LogP contribution is -2.38. The molecule has 0 saturated heterocycles. The number of hydrogen-bond donors (Lipinski definition) is 4. The number of nitrogens with one attached hydrogen (secondary N) is 2. The highest BCUT2D eigenvalue weighted by molar-refractivity contribution is 6.04. The maximum absolute atomic E-state index is 13.1. The van der Waals surface area contributed by atoms with Crippen molar-refractivity contribution >= 4 is 34.3 Å². The van der Waals surface area contributed by atoms with E-state index in [1.165, 1.54) is 5.56 Å². The first kappa shape index (κ1) is 22.5. The standard InChI is InChI=1S/C25H31N7O/c1-14-8-11-19-18(12-14)22(30-20-6-4-5-7-21(20)31-25(26)27)32-23(29-19)24(33)28-17-10-9-15(2)16(3)13-17/h8-13,20-21H,4-7H2,1-3H3,(H,28,33)(H4,26,27,31)(H,29,30,32)/t20-,21+/m0/s1. The van der Waals surface area contributed by atoms with E-state index in [-0.39, 0.29) is 29.8 Å². The Morgan fingerprint density at radius 1 is 1.00 bits per heavy atom. The van der Waals surface area contributed by atoms with Crippen molar-refractivity contribution in [3.8, 4) is 0 Å². The van der Waals surface area contributed by atoms with Gasteiger partial charge < -0.3 is 22.1 Å². The molecule has 0 unspecified atom stereocenters. The highest BCUT2D eigenvalue weighted by Crippen LogP contribution is 2.28. The van der Waals surface area contributed by atoms with E-state index in [1.54, 1.807) is 0 Å². The number of aliphatic imine (C=N–C) groups is 1. The van der Waals surface area contributed by atoms with Crippen LogP contribution >= 0.6 is 0 Å². The van der Waals surface area contributed by atoms with Crippen molar-refractivity contribution in [2.45, 2.75) is 58.5 Å². The predicted molar refractivity (Wildman–Crippen MR) is 134 cm³/mol. The fourth-order valence-electron chi connectivity index (χ4n) is 4.26. The largest absolute Gasteiger partial charge is 0.370 e. The predicted octanol–water partition coefficient (Wildman–Crippen LogP) is 3.80. The molecule has 1 amide bonds. The summed E-state index contributed by atoms with van der Waals surface area (Å²) in [6.07, 6.45) is 3.98. The molecular weight excluding hydrogens is 414 g/mol. The topological polar surface area (TPSA) is 131 Å². The zero-order valence-electron chi connectivity index (χ0n) is 19.4. The Balaban J connectivity index is 1.69. The van der Waals surface area contributed by atoms with Crippen LogP contribution < -0.4 is 22.1 Å². The molecule has 2 atom stereocenters. The van der Waals surface area contributed by atoms with Gasteiger partial charge in [-0.3, -0.25) is 4.79 Å². The van der Waals surface area contributed by atoms with E-state index in [1.807, 2.05) is 57.2 Å². The Bertz CT molecular complexity index is 1220. The minimum atomic E-state index is -0.354. The SMILES string of the molecule is Cc1ccc2nc(C(=O)Nc3ccc(C)c(C)c3)nc(N[C@H]3CCCC[C@H]3N=C(N)N)c2c1. The van der Waals surface area contributed by atoms with Gasteiger partial charge in [0.05, 0.1) is 17.6 Å². The van der Waals surface area contributed by atoms with Crippen molar-refractivity contribution in [1.82, 2.24) is 9.97 Å². The van der Waals surface area contributed by atoms with E-state index in [4.69, 9.17) is 11.5 Å². The van der Waals surface area contributed by atoms with Crippen LogP contribution in [0.4, 0.5) is 11.5 Å². The molecule has 1 saturated carbocycles. The summed E-state index contributed by atoms with van der Waals surface area (Å²) in [6.45, 7) is 6.07. The van der Waals surface area contributed by atoms with Gasteiger partial charge in [0.1, 0.15) is 5.82 Å². The Morgan fingerprint density at radius 3 is 2.55 bits per heavy atom. The molecule has 0 aliphatic heterocycles. The van der Waals surface area contributed by atoms with E-state index in [0.717, 1.165) is 42.2 Å². The van der Waals surface area contributed by atoms with Crippen LogP contribution in [0.1, 0.15) is 53.0 Å². The number of carbonyl (C=O) groups is 1. The van der Waals surface area contributed by atoms with E-state index in [2.05, 4.69) is 25.6 Å². The van der Waals surface area contributed by atoms with Gasteiger partial charge in [-0.25, -0.2) is 15.0 Å². The van der Waals surface area contributed by atoms with Gasteiger partial charge in [0, 0.05) is 11.1 Å². The van der Waals surface area contributed by atoms with Crippen LogP contribution in [0.25, 0.3) is 10.9 Å². The van der Waals surface area contributed by atoms with Gasteiger partial charge >= 0.3 is 0 Å². The number of aromatic nitrogens is 2. The first-order chi connectivity index (χ1) is 15.8. The van der Waals surface area contributed by atoms with Crippen molar-refractivity contribution in [1.29, 1.82) is 0 Å². The van der Waals surface area contributed by atoms with Gasteiger partial charge in [-0.2, -0.15) is 0 Å². The van der Waals surface area contributed by atoms with E-state index in [9.17, 15) is 4.79 Å². The monoisotopic (exact) mass is 445 g/mol. The average molecular weight is 446 g/mol. The number of benzene rings is 2. The number of rotatable bonds is 5. The molecule has 1 aliphatic rings. The lowest BCUT2D eigenvalue weighted by Gasteiger charge is -2.30. The normalized spacial score (nSPS) is 18.0. The summed E-state index contributed by atoms with van der Waals surface area (Å²) in [5.41, 5.74) is 16.1. The molecule has 172 valence electrons. The lowest BCUT2D eigenvalue weighted by atomic mass is 9.90. The maximum Gasteiger partial charge on any atom is 0.293 e. The number of anilines is 2. The summed E-state index contributed by atoms with van der Waals surface area (Å²) >= 11 is 0. The number of carbonyl (C=O) groups excluding carboxylic acids is 1. The van der Waals surface area contributed by atoms with Gasteiger partial charge in [0.25, 0.3) is 5.91 Å². The number of aryl methyl sites for hydroxylation is 3. The summed E-state index contributed by atoms with van der Waals surface area (Å²) in [5, 5.41) is 7.32. The summed E-state index contributed by atoms with van der Waals surface area (Å²) < 4.78 is 0. The second-order valence-corrected chi connectivity index (χ2v) is 8.83. The van der Waals surface area contributed by atoms with E-state index in [0.29, 0.717) is 17.0 Å². The molecule has 0 spiro atoms. The second kappa shape index (κ2) is 9.44. The minimum Gasteiger partial charge on any atom is -0.370 e. The maximum atomic E-state index is 13.1. The first-order valence-electron chi connectivity index (χ1n) is 11.3. The molecule has 4 rings (SSSR count). The fraction of sp³-hybridized carbons (Fsp3) is 0.360. The number of nitrogens with two attached hydrogens (primary N) is 2. The molecule has 6 N–H and O–H groups in total. The Morgan fingerprint density at radius 2 is 1.79 bits per heavy atom. The van der Waals surface area contributed by atoms with Gasteiger partial charge in [0.15, 0.2) is 5.96 Å². The van der Waals surface area contributed by atoms with Gasteiger partial charge in [-0.05, 0) is 69.0 Å². The van der Waals surface area contributed by atoms with Crippen LogP contribution in [0.5, 0.6) is 0 Å². The molecule has 0 bridgehead atoms. The summed E-state index contributed by atoms with van der Waals surface area (Å²) in [7, 11) is 0. The van der Waals surface area contributed by atoms with Crippen molar-refractivity contribution in [3.63, 3.8) is 0 Å². The third kappa shape index (κ3) is 5.22. The number of fused-ring (bicyclic) bond motifs is 1. The second-order valence-electron chi connectivity index (χ2n) is 8.83. The molecule has 33 heavy (non-hydrogen) atoms. The molecule has 1 heterocycles. The molecule has 1 aromatic heterocycles. The fourth-order valence-corrected chi connectivity index (χ4v) is 4.26. The van der Waals surface area contributed by atoms with Crippen molar-refractivity contribution in [2.24, 2.45) is 16.5 Å². The lowest BCUT2D eigenvalue weighted by molar-refractivity contribution is 0.101.